The van der Waals surface area contributed by atoms with Gasteiger partial charge in [0.15, 0.2) is 5.82 Å². The molecule has 0 aliphatic carbocycles. The van der Waals surface area contributed by atoms with Crippen LogP contribution in [0.15, 0.2) is 36.4 Å². The van der Waals surface area contributed by atoms with E-state index in [4.69, 9.17) is 9.47 Å². The zero-order valence-electron chi connectivity index (χ0n) is 17.5. The van der Waals surface area contributed by atoms with Gasteiger partial charge in [0.05, 0.1) is 19.4 Å². The number of fused-ring (bicyclic) bond motifs is 1. The number of hydrogen-bond donors (Lipinski definition) is 1. The van der Waals surface area contributed by atoms with Gasteiger partial charge in [0, 0.05) is 29.5 Å². The number of ether oxygens (including phenoxy) is 2. The first kappa shape index (κ1) is 19.9. The van der Waals surface area contributed by atoms with E-state index in [0.717, 1.165) is 22.6 Å². The first-order valence-electron chi connectivity index (χ1n) is 9.97. The lowest BCUT2D eigenvalue weighted by molar-refractivity contribution is -0.116. The smallest absolute Gasteiger partial charge is 0.233 e. The minimum atomic E-state index is -0.155. The Hall–Kier alpha value is -3.42. The van der Waals surface area contributed by atoms with E-state index in [0.29, 0.717) is 36.5 Å². The highest BCUT2D eigenvalue weighted by Crippen LogP contribution is 2.43. The number of rotatable bonds is 6. The first-order chi connectivity index (χ1) is 14.5. The van der Waals surface area contributed by atoms with Crippen LogP contribution in [0.5, 0.6) is 11.6 Å². The normalized spacial score (nSPS) is 15.6. The molecule has 30 heavy (non-hydrogen) atoms. The van der Waals surface area contributed by atoms with Crippen LogP contribution in [0.3, 0.4) is 0 Å². The molecular weight excluding hydrogens is 382 g/mol. The summed E-state index contributed by atoms with van der Waals surface area (Å²) in [5, 5.41) is 15.8. The number of methoxy groups -OCH3 is 1. The minimum absolute atomic E-state index is 0.0752. The molecule has 3 aromatic rings. The SMILES string of the molecule is COc1ccc(-n2nc(C)c3c2NC(=O)C[C@H]3c2ccccc2OCC(C)C)nn1. The maximum atomic E-state index is 12.6. The third-order valence-corrected chi connectivity index (χ3v) is 5.02. The van der Waals surface area contributed by atoms with Crippen molar-refractivity contribution in [2.24, 2.45) is 5.92 Å². The summed E-state index contributed by atoms with van der Waals surface area (Å²) >= 11 is 0. The van der Waals surface area contributed by atoms with Gasteiger partial charge in [0.25, 0.3) is 0 Å². The van der Waals surface area contributed by atoms with Gasteiger partial charge in [-0.25, -0.2) is 0 Å². The van der Waals surface area contributed by atoms with Crippen LogP contribution < -0.4 is 14.8 Å². The van der Waals surface area contributed by atoms with E-state index in [1.54, 1.807) is 16.8 Å². The summed E-state index contributed by atoms with van der Waals surface area (Å²) in [6.07, 6.45) is 0.329. The van der Waals surface area contributed by atoms with Gasteiger partial charge in [-0.2, -0.15) is 9.78 Å². The van der Waals surface area contributed by atoms with Gasteiger partial charge in [-0.3, -0.25) is 4.79 Å². The second kappa shape index (κ2) is 8.14. The number of anilines is 1. The average Bonchev–Trinajstić information content (AvgIpc) is 3.08. The van der Waals surface area contributed by atoms with Crippen LogP contribution in [0.1, 0.15) is 43.0 Å². The molecule has 1 aliphatic heterocycles. The molecule has 0 fully saturated rings. The Morgan fingerprint density at radius 1 is 1.20 bits per heavy atom. The van der Waals surface area contributed by atoms with E-state index in [9.17, 15) is 4.79 Å². The van der Waals surface area contributed by atoms with Crippen molar-refractivity contribution in [3.05, 3.63) is 53.2 Å². The molecule has 0 bridgehead atoms. The second-order valence-corrected chi connectivity index (χ2v) is 7.74. The van der Waals surface area contributed by atoms with Crippen LogP contribution in [-0.2, 0) is 4.79 Å². The standard InChI is InChI=1S/C22H25N5O3/c1-13(2)12-30-17-8-6-5-7-15(17)16-11-19(28)23-22-21(16)14(3)26-27(22)18-9-10-20(29-4)25-24-18/h5-10,13,16H,11-12H2,1-4H3,(H,23,28)/t16-/m0/s1. The molecule has 3 heterocycles. The first-order valence-corrected chi connectivity index (χ1v) is 9.97. The molecule has 156 valence electrons. The molecule has 1 atom stereocenters. The summed E-state index contributed by atoms with van der Waals surface area (Å²) in [5.74, 6) is 2.51. The van der Waals surface area contributed by atoms with Crippen LogP contribution >= 0.6 is 0 Å². The quantitative estimate of drug-likeness (QED) is 0.673. The van der Waals surface area contributed by atoms with Crippen LogP contribution in [0.25, 0.3) is 5.82 Å². The van der Waals surface area contributed by atoms with Crippen LogP contribution in [-0.4, -0.2) is 39.6 Å². The van der Waals surface area contributed by atoms with Crippen LogP contribution in [0, 0.1) is 12.8 Å². The number of carbonyl (C=O) groups is 1. The number of amides is 1. The molecule has 4 rings (SSSR count). The van der Waals surface area contributed by atoms with E-state index < -0.39 is 0 Å². The number of aryl methyl sites for hydroxylation is 1. The number of hydrogen-bond acceptors (Lipinski definition) is 6. The summed E-state index contributed by atoms with van der Waals surface area (Å²) < 4.78 is 12.8. The Morgan fingerprint density at radius 3 is 2.70 bits per heavy atom. The lowest BCUT2D eigenvalue weighted by Gasteiger charge is -2.26. The van der Waals surface area contributed by atoms with E-state index in [1.165, 1.54) is 7.11 Å². The maximum Gasteiger partial charge on any atom is 0.233 e. The Morgan fingerprint density at radius 2 is 2.00 bits per heavy atom. The Labute approximate surface area is 175 Å². The minimum Gasteiger partial charge on any atom is -0.493 e. The topological polar surface area (TPSA) is 91.2 Å². The molecule has 0 saturated carbocycles. The van der Waals surface area contributed by atoms with Gasteiger partial charge >= 0.3 is 0 Å². The number of carbonyl (C=O) groups excluding carboxylic acids is 1. The van der Waals surface area contributed by atoms with Gasteiger partial charge < -0.3 is 14.8 Å². The monoisotopic (exact) mass is 407 g/mol. The summed E-state index contributed by atoms with van der Waals surface area (Å²) in [4.78, 5) is 12.6. The van der Waals surface area contributed by atoms with Gasteiger partial charge in [0.2, 0.25) is 11.8 Å². The Bertz CT molecular complexity index is 1060. The van der Waals surface area contributed by atoms with Gasteiger partial charge in [-0.1, -0.05) is 32.0 Å². The number of nitrogens with zero attached hydrogens (tertiary/aromatic N) is 4. The molecule has 2 aromatic heterocycles. The Balaban J connectivity index is 1.78. The third kappa shape index (κ3) is 3.72. The van der Waals surface area contributed by atoms with E-state index in [1.807, 2.05) is 31.2 Å². The third-order valence-electron chi connectivity index (χ3n) is 5.02. The van der Waals surface area contributed by atoms with Crippen molar-refractivity contribution in [3.63, 3.8) is 0 Å². The molecule has 8 nitrogen and oxygen atoms in total. The summed E-state index contributed by atoms with van der Waals surface area (Å²) in [5.41, 5.74) is 2.77. The van der Waals surface area contributed by atoms with Crippen molar-refractivity contribution < 1.29 is 14.3 Å². The fourth-order valence-corrected chi connectivity index (χ4v) is 3.67. The molecule has 8 heteroatoms. The Kier molecular flexibility index (Phi) is 5.39. The summed E-state index contributed by atoms with van der Waals surface area (Å²) in [6, 6.07) is 11.4. The number of aromatic nitrogens is 4. The lowest BCUT2D eigenvalue weighted by atomic mass is 9.85. The van der Waals surface area contributed by atoms with E-state index >= 15 is 0 Å². The second-order valence-electron chi connectivity index (χ2n) is 7.74. The summed E-state index contributed by atoms with van der Waals surface area (Å²) in [7, 11) is 1.53. The number of benzene rings is 1. The molecule has 0 unspecified atom stereocenters. The highest BCUT2D eigenvalue weighted by Gasteiger charge is 2.34. The molecule has 0 radical (unpaired) electrons. The van der Waals surface area contributed by atoms with Gasteiger partial charge in [0.1, 0.15) is 11.6 Å². The zero-order chi connectivity index (χ0) is 21.3. The van der Waals surface area contributed by atoms with Gasteiger partial charge in [-0.05, 0) is 25.0 Å². The van der Waals surface area contributed by atoms with Crippen LogP contribution in [0.2, 0.25) is 0 Å². The average molecular weight is 407 g/mol. The molecule has 1 aromatic carbocycles. The lowest BCUT2D eigenvalue weighted by Crippen LogP contribution is -2.25. The van der Waals surface area contributed by atoms with Crippen molar-refractivity contribution in [1.29, 1.82) is 0 Å². The van der Waals surface area contributed by atoms with Crippen molar-refractivity contribution in [2.45, 2.75) is 33.1 Å². The molecule has 1 aliphatic rings. The molecular formula is C22H25N5O3. The highest BCUT2D eigenvalue weighted by molar-refractivity contribution is 5.95. The van der Waals surface area contributed by atoms with Crippen LogP contribution in [0.4, 0.5) is 5.82 Å². The molecule has 1 N–H and O–H groups in total. The molecule has 1 amide bonds. The number of nitrogens with one attached hydrogen (secondary N) is 1. The van der Waals surface area contributed by atoms with Crippen molar-refractivity contribution in [2.75, 3.05) is 19.0 Å². The van der Waals surface area contributed by atoms with E-state index in [2.05, 4.69) is 34.5 Å². The maximum absolute atomic E-state index is 12.6. The molecule has 0 spiro atoms. The highest BCUT2D eigenvalue weighted by atomic mass is 16.5. The zero-order valence-corrected chi connectivity index (χ0v) is 17.5. The molecule has 0 saturated heterocycles. The predicted molar refractivity (Wildman–Crippen MR) is 112 cm³/mol. The fraction of sp³-hybridized carbons (Fsp3) is 0.364. The summed E-state index contributed by atoms with van der Waals surface area (Å²) in [6.45, 7) is 6.77. The number of para-hydroxylation sites is 1. The predicted octanol–water partition coefficient (Wildman–Crippen LogP) is 3.49. The van der Waals surface area contributed by atoms with Crippen molar-refractivity contribution in [3.8, 4) is 17.4 Å². The van der Waals surface area contributed by atoms with E-state index in [-0.39, 0.29) is 11.8 Å². The van der Waals surface area contributed by atoms with Gasteiger partial charge in [-0.15, -0.1) is 10.2 Å². The fourth-order valence-electron chi connectivity index (χ4n) is 3.67. The van der Waals surface area contributed by atoms with Crippen molar-refractivity contribution in [1.82, 2.24) is 20.0 Å². The van der Waals surface area contributed by atoms with Crippen molar-refractivity contribution >= 4 is 11.7 Å². The largest absolute Gasteiger partial charge is 0.493 e.